The minimum atomic E-state index is -5.85. The Morgan fingerprint density at radius 1 is 0.870 bits per heavy atom. The summed E-state index contributed by atoms with van der Waals surface area (Å²) in [5, 5.41) is 9.29. The predicted octanol–water partition coefficient (Wildman–Crippen LogP) is 5.37. The number of aryl methyl sites for hydroxylation is 1. The summed E-state index contributed by atoms with van der Waals surface area (Å²) in [6.07, 6.45) is -9.50. The number of halogens is 6. The average Bonchev–Trinajstić information content (AvgIpc) is 2.42. The minimum absolute atomic E-state index is 0.0390. The summed E-state index contributed by atoms with van der Waals surface area (Å²) in [5.74, 6) is 0. The van der Waals surface area contributed by atoms with Crippen LogP contribution in [0.5, 0.6) is 0 Å². The van der Waals surface area contributed by atoms with Crippen molar-refractivity contribution in [1.29, 1.82) is 0 Å². The zero-order valence-electron chi connectivity index (χ0n) is 13.1. The van der Waals surface area contributed by atoms with E-state index in [1.54, 1.807) is 0 Å². The third kappa shape index (κ3) is 4.19. The molecule has 0 saturated heterocycles. The Kier molecular flexibility index (Phi) is 5.46. The first-order valence-electron chi connectivity index (χ1n) is 7.20. The first kappa shape index (κ1) is 19.8. The predicted molar refractivity (Wildman–Crippen MR) is 74.8 cm³/mol. The zero-order valence-corrected chi connectivity index (χ0v) is 13.1. The number of benzene rings is 1. The first-order chi connectivity index (χ1) is 10.2. The van der Waals surface area contributed by atoms with Gasteiger partial charge in [-0.25, -0.2) is 0 Å². The van der Waals surface area contributed by atoms with Gasteiger partial charge in [-0.05, 0) is 23.8 Å². The van der Waals surface area contributed by atoms with Crippen LogP contribution in [0.15, 0.2) is 24.3 Å². The van der Waals surface area contributed by atoms with Crippen molar-refractivity contribution in [3.05, 3.63) is 35.4 Å². The summed E-state index contributed by atoms with van der Waals surface area (Å²) in [6.45, 7) is 6.08. The quantitative estimate of drug-likeness (QED) is 0.714. The molecule has 0 spiro atoms. The van der Waals surface area contributed by atoms with Gasteiger partial charge in [0.2, 0.25) is 0 Å². The Hall–Kier alpha value is -1.24. The molecule has 0 bridgehead atoms. The van der Waals surface area contributed by atoms with E-state index in [9.17, 15) is 31.4 Å². The fourth-order valence-corrected chi connectivity index (χ4v) is 2.06. The highest BCUT2D eigenvalue weighted by atomic mass is 19.4. The molecule has 0 fully saturated rings. The van der Waals surface area contributed by atoms with Gasteiger partial charge in [-0.1, -0.05) is 51.5 Å². The van der Waals surface area contributed by atoms with Crippen LogP contribution in [0.1, 0.15) is 44.7 Å². The van der Waals surface area contributed by atoms with E-state index in [2.05, 4.69) is 0 Å². The van der Waals surface area contributed by atoms with Crippen LogP contribution in [0.25, 0.3) is 0 Å². The third-order valence-corrected chi connectivity index (χ3v) is 4.24. The van der Waals surface area contributed by atoms with E-state index >= 15 is 0 Å². The van der Waals surface area contributed by atoms with Gasteiger partial charge in [0.25, 0.3) is 5.60 Å². The molecule has 0 heterocycles. The number of hydrogen-bond donors (Lipinski definition) is 1. The number of alkyl halides is 6. The van der Waals surface area contributed by atoms with Crippen molar-refractivity contribution in [2.75, 3.05) is 0 Å². The van der Waals surface area contributed by atoms with E-state index in [1.807, 2.05) is 20.8 Å². The molecule has 0 amide bonds. The van der Waals surface area contributed by atoms with Gasteiger partial charge in [-0.15, -0.1) is 0 Å². The lowest BCUT2D eigenvalue weighted by Gasteiger charge is -2.32. The van der Waals surface area contributed by atoms with Crippen LogP contribution in [0, 0.1) is 5.41 Å². The summed E-state index contributed by atoms with van der Waals surface area (Å²) in [6, 6.07) is 3.78. The van der Waals surface area contributed by atoms with Crippen molar-refractivity contribution in [2.24, 2.45) is 5.41 Å². The molecule has 0 aromatic heterocycles. The summed E-state index contributed by atoms with van der Waals surface area (Å²) in [7, 11) is 0. The molecule has 1 rings (SSSR count). The highest BCUT2D eigenvalue weighted by molar-refractivity contribution is 5.30. The number of hydrogen-bond acceptors (Lipinski definition) is 1. The lowest BCUT2D eigenvalue weighted by atomic mass is 9.83. The van der Waals surface area contributed by atoms with Crippen molar-refractivity contribution in [3.63, 3.8) is 0 Å². The Balaban J connectivity index is 3.07. The molecule has 0 aliphatic heterocycles. The molecule has 1 N–H and O–H groups in total. The van der Waals surface area contributed by atoms with Crippen LogP contribution in [-0.4, -0.2) is 17.5 Å². The van der Waals surface area contributed by atoms with Gasteiger partial charge in [0.15, 0.2) is 0 Å². The molecular formula is C16H20F6O. The highest BCUT2D eigenvalue weighted by Gasteiger charge is 2.71. The Morgan fingerprint density at radius 3 is 1.65 bits per heavy atom. The molecular weight excluding hydrogens is 322 g/mol. The highest BCUT2D eigenvalue weighted by Crippen LogP contribution is 2.49. The Labute approximate surface area is 131 Å². The van der Waals surface area contributed by atoms with Gasteiger partial charge < -0.3 is 5.11 Å². The van der Waals surface area contributed by atoms with E-state index in [0.717, 1.165) is 12.8 Å². The summed E-state index contributed by atoms with van der Waals surface area (Å²) < 4.78 is 76.6. The molecule has 1 aromatic rings. The van der Waals surface area contributed by atoms with E-state index in [4.69, 9.17) is 0 Å². The minimum Gasteiger partial charge on any atom is -0.369 e. The van der Waals surface area contributed by atoms with Gasteiger partial charge >= 0.3 is 12.4 Å². The van der Waals surface area contributed by atoms with Crippen molar-refractivity contribution >= 4 is 0 Å². The maximum Gasteiger partial charge on any atom is 0.430 e. The smallest absolute Gasteiger partial charge is 0.369 e. The van der Waals surface area contributed by atoms with Crippen LogP contribution < -0.4 is 0 Å². The molecule has 23 heavy (non-hydrogen) atoms. The normalized spacial score (nSPS) is 14.2. The van der Waals surface area contributed by atoms with E-state index in [1.165, 1.54) is 12.1 Å². The van der Waals surface area contributed by atoms with Crippen molar-refractivity contribution in [1.82, 2.24) is 0 Å². The molecule has 132 valence electrons. The molecule has 0 radical (unpaired) electrons. The fraction of sp³-hybridized carbons (Fsp3) is 0.625. The topological polar surface area (TPSA) is 20.2 Å². The molecule has 0 aliphatic carbocycles. The molecule has 0 aliphatic rings. The number of rotatable bonds is 5. The van der Waals surface area contributed by atoms with E-state index < -0.39 is 23.5 Å². The molecule has 1 nitrogen and oxygen atoms in total. The van der Waals surface area contributed by atoms with Crippen LogP contribution >= 0.6 is 0 Å². The fourth-order valence-electron chi connectivity index (χ4n) is 2.06. The van der Waals surface area contributed by atoms with Gasteiger partial charge in [0.1, 0.15) is 0 Å². The summed E-state index contributed by atoms with van der Waals surface area (Å²) >= 11 is 0. The van der Waals surface area contributed by atoms with Gasteiger partial charge in [-0.2, -0.15) is 26.3 Å². The summed E-state index contributed by atoms with van der Waals surface area (Å²) in [5.41, 5.74) is -5.42. The molecule has 0 unspecified atom stereocenters. The maximum absolute atomic E-state index is 12.8. The van der Waals surface area contributed by atoms with E-state index in [-0.39, 0.29) is 5.41 Å². The van der Waals surface area contributed by atoms with Crippen LogP contribution in [-0.2, 0) is 12.0 Å². The van der Waals surface area contributed by atoms with Crippen molar-refractivity contribution < 1.29 is 31.4 Å². The van der Waals surface area contributed by atoms with Crippen molar-refractivity contribution in [2.45, 2.75) is 58.0 Å². The zero-order chi connectivity index (χ0) is 18.1. The van der Waals surface area contributed by atoms with Crippen molar-refractivity contribution in [3.8, 4) is 0 Å². The standard InChI is InChI=1S/C16H20F6O/c1-4-13(2,3)10-9-11-5-7-12(8-6-11)14(23,15(17,18)19)16(20,21)22/h5-8,23H,4,9-10H2,1-3H3. The van der Waals surface area contributed by atoms with Crippen LogP contribution in [0.4, 0.5) is 26.3 Å². The largest absolute Gasteiger partial charge is 0.430 e. The van der Waals surface area contributed by atoms with Crippen LogP contribution in [0.2, 0.25) is 0 Å². The SMILES string of the molecule is CCC(C)(C)CCc1ccc(C(O)(C(F)(F)F)C(F)(F)F)cc1. The maximum atomic E-state index is 12.8. The van der Waals surface area contributed by atoms with Gasteiger partial charge in [-0.3, -0.25) is 0 Å². The van der Waals surface area contributed by atoms with Crippen LogP contribution in [0.3, 0.4) is 0 Å². The molecule has 0 saturated carbocycles. The van der Waals surface area contributed by atoms with Gasteiger partial charge in [0, 0.05) is 5.56 Å². The summed E-state index contributed by atoms with van der Waals surface area (Å²) in [4.78, 5) is 0. The second-order valence-electron chi connectivity index (χ2n) is 6.42. The lowest BCUT2D eigenvalue weighted by Crippen LogP contribution is -2.53. The lowest BCUT2D eigenvalue weighted by molar-refractivity contribution is -0.376. The van der Waals surface area contributed by atoms with E-state index in [0.29, 0.717) is 24.1 Å². The Morgan fingerprint density at radius 2 is 1.30 bits per heavy atom. The monoisotopic (exact) mass is 342 g/mol. The average molecular weight is 342 g/mol. The molecule has 7 heteroatoms. The second-order valence-corrected chi connectivity index (χ2v) is 6.42. The number of aliphatic hydroxyl groups is 1. The first-order valence-corrected chi connectivity index (χ1v) is 7.20. The molecule has 1 aromatic carbocycles. The van der Waals surface area contributed by atoms with Gasteiger partial charge in [0.05, 0.1) is 0 Å². The second kappa shape index (κ2) is 6.34. The Bertz CT molecular complexity index is 499. The molecule has 0 atom stereocenters. The third-order valence-electron chi connectivity index (χ3n) is 4.24.